The van der Waals surface area contributed by atoms with Gasteiger partial charge in [-0.05, 0) is 34.8 Å². The molecule has 0 aromatic heterocycles. The van der Waals surface area contributed by atoms with Crippen molar-refractivity contribution in [2.75, 3.05) is 45.3 Å². The number of unbranched alkanes of at least 4 members (excludes halogenated alkanes) is 1. The van der Waals surface area contributed by atoms with E-state index in [1.165, 1.54) is 25.7 Å². The van der Waals surface area contributed by atoms with Gasteiger partial charge < -0.3 is 20.7 Å². The SMILES string of the molecule is CCCC.CCSC.COC(=O)CNC(=O)CN(CCNC(=O)[C@@H]1CCC(=O)N1)Cc1cccc2ccccc12. The van der Waals surface area contributed by atoms with Crippen molar-refractivity contribution in [1.29, 1.82) is 0 Å². The molecule has 2 aromatic carbocycles. The van der Waals surface area contributed by atoms with E-state index in [2.05, 4.69) is 47.7 Å². The van der Waals surface area contributed by atoms with Gasteiger partial charge in [-0.25, -0.2) is 0 Å². The summed E-state index contributed by atoms with van der Waals surface area (Å²) in [5.41, 5.74) is 1.05. The standard InChI is InChI=1S/C23H28N4O5.C4H10.C3H8S/c1-32-22(30)13-25-21(29)15-27(12-11-24-23(31)19-9-10-20(28)26-19)14-17-7-4-6-16-5-2-3-8-18(16)17;2*1-3-4-2/h2-8,19H,9-15H2,1H3,(H,24,31)(H,25,29)(H,26,28);3-4H2,1-2H3;3H2,1-2H3/t19-;;/m0../s1. The van der Waals surface area contributed by atoms with Crippen LogP contribution in [0.15, 0.2) is 42.5 Å². The fourth-order valence-corrected chi connectivity index (χ4v) is 3.66. The number of hydrogen-bond donors (Lipinski definition) is 3. The van der Waals surface area contributed by atoms with Crippen LogP contribution in [0.3, 0.4) is 0 Å². The molecule has 3 amide bonds. The Bertz CT molecular complexity index is 1050. The molecule has 0 radical (unpaired) electrons. The highest BCUT2D eigenvalue weighted by Gasteiger charge is 2.26. The number of carbonyl (C=O) groups excluding carboxylic acids is 4. The van der Waals surface area contributed by atoms with Crippen LogP contribution in [0.5, 0.6) is 0 Å². The van der Waals surface area contributed by atoms with Crippen LogP contribution in [-0.2, 0) is 30.5 Å². The number of hydrogen-bond acceptors (Lipinski definition) is 7. The average molecular weight is 575 g/mol. The normalized spacial score (nSPS) is 13.8. The number of esters is 1. The molecule has 1 fully saturated rings. The summed E-state index contributed by atoms with van der Waals surface area (Å²) in [6, 6.07) is 13.5. The molecule has 2 aromatic rings. The largest absolute Gasteiger partial charge is 0.468 e. The number of amides is 3. The zero-order valence-electron chi connectivity index (χ0n) is 24.6. The maximum Gasteiger partial charge on any atom is 0.325 e. The molecule has 3 rings (SSSR count). The highest BCUT2D eigenvalue weighted by molar-refractivity contribution is 7.98. The monoisotopic (exact) mass is 574 g/mol. The van der Waals surface area contributed by atoms with E-state index in [9.17, 15) is 19.2 Å². The van der Waals surface area contributed by atoms with E-state index >= 15 is 0 Å². The molecule has 0 unspecified atom stereocenters. The zero-order valence-corrected chi connectivity index (χ0v) is 25.4. The lowest BCUT2D eigenvalue weighted by Crippen LogP contribution is -2.45. The maximum absolute atomic E-state index is 12.4. The Kier molecular flexibility index (Phi) is 18.1. The summed E-state index contributed by atoms with van der Waals surface area (Å²) in [7, 11) is 1.26. The van der Waals surface area contributed by atoms with Gasteiger partial charge in [0, 0.05) is 26.1 Å². The van der Waals surface area contributed by atoms with E-state index in [1.54, 1.807) is 0 Å². The first-order valence-electron chi connectivity index (χ1n) is 13.9. The van der Waals surface area contributed by atoms with Gasteiger partial charge in [-0.3, -0.25) is 24.1 Å². The molecule has 0 bridgehead atoms. The quantitative estimate of drug-likeness (QED) is 0.332. The molecule has 0 aliphatic carbocycles. The van der Waals surface area contributed by atoms with Crippen LogP contribution in [0, 0.1) is 0 Å². The van der Waals surface area contributed by atoms with Gasteiger partial charge >= 0.3 is 5.97 Å². The third kappa shape index (κ3) is 13.8. The van der Waals surface area contributed by atoms with Crippen molar-refractivity contribution in [1.82, 2.24) is 20.9 Å². The summed E-state index contributed by atoms with van der Waals surface area (Å²) in [6.45, 7) is 7.58. The summed E-state index contributed by atoms with van der Waals surface area (Å²) in [5.74, 6) is 0.0518. The van der Waals surface area contributed by atoms with Gasteiger partial charge in [0.2, 0.25) is 17.7 Å². The summed E-state index contributed by atoms with van der Waals surface area (Å²) in [5, 5.41) is 10.2. The molecule has 0 saturated carbocycles. The van der Waals surface area contributed by atoms with Crippen LogP contribution in [0.25, 0.3) is 10.8 Å². The lowest BCUT2D eigenvalue weighted by Gasteiger charge is -2.23. The molecule has 40 heavy (non-hydrogen) atoms. The summed E-state index contributed by atoms with van der Waals surface area (Å²) >= 11 is 1.86. The van der Waals surface area contributed by atoms with Crippen molar-refractivity contribution in [3.8, 4) is 0 Å². The van der Waals surface area contributed by atoms with Crippen LogP contribution in [0.1, 0.15) is 52.0 Å². The van der Waals surface area contributed by atoms with Crippen molar-refractivity contribution < 1.29 is 23.9 Å². The predicted octanol–water partition coefficient (Wildman–Crippen LogP) is 3.50. The van der Waals surface area contributed by atoms with E-state index in [0.29, 0.717) is 32.5 Å². The Labute approximate surface area is 243 Å². The van der Waals surface area contributed by atoms with Gasteiger partial charge in [0.25, 0.3) is 0 Å². The lowest BCUT2D eigenvalue weighted by molar-refractivity contribution is -0.141. The molecular weight excluding hydrogens is 528 g/mol. The number of nitrogens with zero attached hydrogens (tertiary/aromatic N) is 1. The Morgan fingerprint density at radius 2 is 1.73 bits per heavy atom. The van der Waals surface area contributed by atoms with Gasteiger partial charge in [-0.1, -0.05) is 76.1 Å². The van der Waals surface area contributed by atoms with E-state index in [0.717, 1.165) is 16.3 Å². The summed E-state index contributed by atoms with van der Waals surface area (Å²) in [6.07, 6.45) is 5.58. The fourth-order valence-electron chi connectivity index (χ4n) is 3.66. The Hall–Kier alpha value is -3.11. The molecule has 1 atom stereocenters. The number of methoxy groups -OCH3 is 1. The van der Waals surface area contributed by atoms with Crippen molar-refractivity contribution in [3.05, 3.63) is 48.0 Å². The molecule has 1 saturated heterocycles. The maximum atomic E-state index is 12.4. The first kappa shape index (κ1) is 34.9. The van der Waals surface area contributed by atoms with Crippen molar-refractivity contribution in [3.63, 3.8) is 0 Å². The third-order valence-electron chi connectivity index (χ3n) is 6.13. The van der Waals surface area contributed by atoms with Gasteiger partial charge in [0.15, 0.2) is 0 Å². The Balaban J connectivity index is 0.000000883. The molecular formula is C30H46N4O5S. The van der Waals surface area contributed by atoms with E-state index in [4.69, 9.17) is 0 Å². The Morgan fingerprint density at radius 3 is 2.33 bits per heavy atom. The highest BCUT2D eigenvalue weighted by atomic mass is 32.2. The minimum absolute atomic E-state index is 0.0518. The van der Waals surface area contributed by atoms with Gasteiger partial charge in [0.1, 0.15) is 12.6 Å². The van der Waals surface area contributed by atoms with Crippen molar-refractivity contribution in [2.45, 2.75) is 59.0 Å². The van der Waals surface area contributed by atoms with Crippen LogP contribution >= 0.6 is 11.8 Å². The van der Waals surface area contributed by atoms with Crippen LogP contribution in [0.2, 0.25) is 0 Å². The molecule has 9 nitrogen and oxygen atoms in total. The number of benzene rings is 2. The van der Waals surface area contributed by atoms with Gasteiger partial charge in [-0.2, -0.15) is 11.8 Å². The molecule has 1 aliphatic heterocycles. The Morgan fingerprint density at radius 1 is 1.05 bits per heavy atom. The van der Waals surface area contributed by atoms with Crippen LogP contribution in [0.4, 0.5) is 0 Å². The number of fused-ring (bicyclic) bond motifs is 1. The number of ether oxygens (including phenoxy) is 1. The highest BCUT2D eigenvalue weighted by Crippen LogP contribution is 2.20. The smallest absolute Gasteiger partial charge is 0.325 e. The first-order chi connectivity index (χ1) is 19.3. The second-order valence-corrected chi connectivity index (χ2v) is 10.4. The number of thioether (sulfide) groups is 1. The first-order valence-corrected chi connectivity index (χ1v) is 15.3. The van der Waals surface area contributed by atoms with Gasteiger partial charge in [0.05, 0.1) is 13.7 Å². The van der Waals surface area contributed by atoms with Crippen molar-refractivity contribution >= 4 is 46.2 Å². The topological polar surface area (TPSA) is 117 Å². The van der Waals surface area contributed by atoms with Crippen LogP contribution < -0.4 is 16.0 Å². The second kappa shape index (κ2) is 20.7. The molecule has 1 heterocycles. The predicted molar refractivity (Wildman–Crippen MR) is 163 cm³/mol. The summed E-state index contributed by atoms with van der Waals surface area (Å²) in [4.78, 5) is 49.2. The van der Waals surface area contributed by atoms with Gasteiger partial charge in [-0.15, -0.1) is 0 Å². The molecule has 1 aliphatic rings. The van der Waals surface area contributed by atoms with Crippen LogP contribution in [-0.4, -0.2) is 79.9 Å². The molecule has 10 heteroatoms. The fraction of sp³-hybridized carbons (Fsp3) is 0.533. The second-order valence-electron chi connectivity index (χ2n) is 9.23. The molecule has 222 valence electrons. The van der Waals surface area contributed by atoms with E-state index in [1.807, 2.05) is 59.1 Å². The number of rotatable bonds is 12. The minimum atomic E-state index is -0.523. The number of nitrogens with one attached hydrogen (secondary N) is 3. The van der Waals surface area contributed by atoms with Crippen molar-refractivity contribution in [2.24, 2.45) is 0 Å². The molecule has 0 spiro atoms. The minimum Gasteiger partial charge on any atom is -0.468 e. The number of carbonyl (C=O) groups is 4. The molecule has 3 N–H and O–H groups in total. The lowest BCUT2D eigenvalue weighted by atomic mass is 10.0. The third-order valence-corrected chi connectivity index (χ3v) is 6.70. The summed E-state index contributed by atoms with van der Waals surface area (Å²) < 4.78 is 4.55. The van der Waals surface area contributed by atoms with E-state index in [-0.39, 0.29) is 30.8 Å². The zero-order chi connectivity index (χ0) is 29.8. The average Bonchev–Trinajstić information content (AvgIpc) is 3.42. The van der Waals surface area contributed by atoms with E-state index < -0.39 is 12.0 Å².